The molecule has 1 unspecified atom stereocenters. The van der Waals surface area contributed by atoms with Crippen molar-refractivity contribution in [2.75, 3.05) is 12.0 Å². The summed E-state index contributed by atoms with van der Waals surface area (Å²) in [4.78, 5) is 27.3. The van der Waals surface area contributed by atoms with Gasteiger partial charge < -0.3 is 9.84 Å². The van der Waals surface area contributed by atoms with E-state index in [0.717, 1.165) is 6.07 Å². The monoisotopic (exact) mass is 437 g/mol. The number of Topliss-reactive ketones (excluding diaryl/α,β-unsaturated/α-hetero) is 1. The number of ether oxygens (including phenoxy) is 1. The number of amides is 1. The number of aliphatic hydroxyl groups is 1. The number of aliphatic hydroxyl groups excluding tert-OH is 1. The van der Waals surface area contributed by atoms with E-state index < -0.39 is 23.5 Å². The van der Waals surface area contributed by atoms with Crippen molar-refractivity contribution in [2.45, 2.75) is 6.04 Å². The molecular formula is C24H17ClFNO4. The van der Waals surface area contributed by atoms with Crippen LogP contribution in [0.5, 0.6) is 5.75 Å². The first-order chi connectivity index (χ1) is 14.9. The Kier molecular flexibility index (Phi) is 5.48. The number of carbonyl (C=O) groups excluding carboxylic acids is 2. The first kappa shape index (κ1) is 20.6. The van der Waals surface area contributed by atoms with E-state index in [1.807, 2.05) is 0 Å². The Morgan fingerprint density at radius 2 is 1.71 bits per heavy atom. The van der Waals surface area contributed by atoms with E-state index in [4.69, 9.17) is 16.3 Å². The second kappa shape index (κ2) is 8.24. The number of halogens is 2. The quantitative estimate of drug-likeness (QED) is 0.350. The maximum Gasteiger partial charge on any atom is 0.300 e. The van der Waals surface area contributed by atoms with Crippen LogP contribution in [-0.2, 0) is 9.59 Å². The molecular weight excluding hydrogens is 421 g/mol. The van der Waals surface area contributed by atoms with Crippen LogP contribution in [0.1, 0.15) is 17.2 Å². The molecule has 3 aromatic rings. The molecule has 31 heavy (non-hydrogen) atoms. The summed E-state index contributed by atoms with van der Waals surface area (Å²) in [6.45, 7) is 0. The first-order valence-electron chi connectivity index (χ1n) is 9.38. The maximum absolute atomic E-state index is 13.7. The van der Waals surface area contributed by atoms with Crippen LogP contribution in [0.25, 0.3) is 5.76 Å². The molecule has 1 amide bonds. The van der Waals surface area contributed by atoms with Crippen LogP contribution in [-0.4, -0.2) is 23.9 Å². The molecule has 0 saturated carbocycles. The van der Waals surface area contributed by atoms with Crippen molar-refractivity contribution in [3.05, 3.63) is 100 Å². The highest BCUT2D eigenvalue weighted by atomic mass is 35.5. The Hall–Kier alpha value is -3.64. The van der Waals surface area contributed by atoms with Gasteiger partial charge in [0.05, 0.1) is 23.7 Å². The molecule has 1 aliphatic heterocycles. The predicted molar refractivity (Wildman–Crippen MR) is 116 cm³/mol. The zero-order valence-electron chi connectivity index (χ0n) is 16.4. The summed E-state index contributed by atoms with van der Waals surface area (Å²) >= 11 is 5.93. The maximum atomic E-state index is 13.7. The highest BCUT2D eigenvalue weighted by molar-refractivity contribution is 6.51. The average molecular weight is 438 g/mol. The molecule has 0 aliphatic carbocycles. The SMILES string of the molecule is COc1ccc(C2/C(=C(\O)c3ccccc3)C(=O)C(=O)N2c2ccc(F)c(Cl)c2)cc1. The minimum atomic E-state index is -0.937. The largest absolute Gasteiger partial charge is 0.507 e. The summed E-state index contributed by atoms with van der Waals surface area (Å²) in [5.41, 5.74) is 1.14. The Morgan fingerprint density at radius 1 is 1.03 bits per heavy atom. The molecule has 0 aromatic heterocycles. The number of benzene rings is 3. The van der Waals surface area contributed by atoms with E-state index in [2.05, 4.69) is 0 Å². The molecule has 1 atom stereocenters. The highest BCUT2D eigenvalue weighted by Crippen LogP contribution is 2.43. The van der Waals surface area contributed by atoms with Gasteiger partial charge in [-0.15, -0.1) is 0 Å². The topological polar surface area (TPSA) is 66.8 Å². The fraction of sp³-hybridized carbons (Fsp3) is 0.0833. The number of nitrogens with zero attached hydrogens (tertiary/aromatic N) is 1. The lowest BCUT2D eigenvalue weighted by Crippen LogP contribution is -2.29. The van der Waals surface area contributed by atoms with Crippen LogP contribution in [0.3, 0.4) is 0 Å². The third-order valence-electron chi connectivity index (χ3n) is 5.10. The van der Waals surface area contributed by atoms with Gasteiger partial charge >= 0.3 is 0 Å². The summed E-state index contributed by atoms with van der Waals surface area (Å²) < 4.78 is 18.9. The number of ketones is 1. The highest BCUT2D eigenvalue weighted by Gasteiger charge is 2.47. The van der Waals surface area contributed by atoms with Gasteiger partial charge in [0.1, 0.15) is 17.3 Å². The van der Waals surface area contributed by atoms with Crippen LogP contribution < -0.4 is 9.64 Å². The van der Waals surface area contributed by atoms with Crippen LogP contribution in [0.2, 0.25) is 5.02 Å². The molecule has 0 radical (unpaired) electrons. The van der Waals surface area contributed by atoms with E-state index in [9.17, 15) is 19.1 Å². The van der Waals surface area contributed by atoms with Gasteiger partial charge in [0.2, 0.25) is 0 Å². The molecule has 1 aliphatic rings. The molecule has 5 nitrogen and oxygen atoms in total. The minimum absolute atomic E-state index is 0.0678. The zero-order chi connectivity index (χ0) is 22.1. The molecule has 3 aromatic carbocycles. The molecule has 1 fully saturated rings. The van der Waals surface area contributed by atoms with Crippen molar-refractivity contribution in [3.8, 4) is 5.75 Å². The third kappa shape index (κ3) is 3.66. The fourth-order valence-corrected chi connectivity index (χ4v) is 3.76. The molecule has 0 spiro atoms. The Bertz CT molecular complexity index is 1190. The predicted octanol–water partition coefficient (Wildman–Crippen LogP) is 5.11. The molecule has 7 heteroatoms. The summed E-state index contributed by atoms with van der Waals surface area (Å²) in [7, 11) is 1.52. The van der Waals surface area contributed by atoms with E-state index in [-0.39, 0.29) is 22.0 Å². The van der Waals surface area contributed by atoms with Gasteiger partial charge in [0.25, 0.3) is 11.7 Å². The van der Waals surface area contributed by atoms with E-state index in [1.165, 1.54) is 24.1 Å². The van der Waals surface area contributed by atoms with Crippen molar-refractivity contribution in [1.82, 2.24) is 0 Å². The first-order valence-corrected chi connectivity index (χ1v) is 9.75. The van der Waals surface area contributed by atoms with Gasteiger partial charge in [-0.3, -0.25) is 14.5 Å². The lowest BCUT2D eigenvalue weighted by Gasteiger charge is -2.25. The average Bonchev–Trinajstić information content (AvgIpc) is 3.06. The van der Waals surface area contributed by atoms with Gasteiger partial charge in [0, 0.05) is 11.3 Å². The van der Waals surface area contributed by atoms with Crippen LogP contribution in [0, 0.1) is 5.82 Å². The van der Waals surface area contributed by atoms with Gasteiger partial charge in [-0.2, -0.15) is 0 Å². The summed E-state index contributed by atoms with van der Waals surface area (Å²) in [5.74, 6) is -2.04. The summed E-state index contributed by atoms with van der Waals surface area (Å²) in [5, 5.41) is 10.8. The zero-order valence-corrected chi connectivity index (χ0v) is 17.1. The second-order valence-electron chi connectivity index (χ2n) is 6.91. The molecule has 1 heterocycles. The number of hydrogen-bond acceptors (Lipinski definition) is 4. The Labute approximate surface area is 182 Å². The van der Waals surface area contributed by atoms with Crippen molar-refractivity contribution >= 4 is 34.7 Å². The van der Waals surface area contributed by atoms with E-state index >= 15 is 0 Å². The Balaban J connectivity index is 1.94. The van der Waals surface area contributed by atoms with Crippen molar-refractivity contribution in [2.24, 2.45) is 0 Å². The van der Waals surface area contributed by atoms with Crippen molar-refractivity contribution in [3.63, 3.8) is 0 Å². The molecule has 4 rings (SSSR count). The third-order valence-corrected chi connectivity index (χ3v) is 5.39. The van der Waals surface area contributed by atoms with Gasteiger partial charge in [-0.25, -0.2) is 4.39 Å². The fourth-order valence-electron chi connectivity index (χ4n) is 3.59. The summed E-state index contributed by atoms with van der Waals surface area (Å²) in [6.07, 6.45) is 0. The van der Waals surface area contributed by atoms with Gasteiger partial charge in [-0.1, -0.05) is 54.1 Å². The number of carbonyl (C=O) groups is 2. The minimum Gasteiger partial charge on any atom is -0.507 e. The molecule has 156 valence electrons. The van der Waals surface area contributed by atoms with E-state index in [1.54, 1.807) is 54.6 Å². The summed E-state index contributed by atoms with van der Waals surface area (Å²) in [6, 6.07) is 18.1. The smallest absolute Gasteiger partial charge is 0.300 e. The standard InChI is InChI=1S/C24H17ClFNO4/c1-31-17-10-7-14(8-11-17)21-20(22(28)15-5-3-2-4-6-15)23(29)24(30)27(21)16-9-12-19(26)18(25)13-16/h2-13,21,28H,1H3/b22-20+. The molecule has 0 bridgehead atoms. The normalized spacial score (nSPS) is 17.8. The number of methoxy groups -OCH3 is 1. The number of anilines is 1. The lowest BCUT2D eigenvalue weighted by molar-refractivity contribution is -0.132. The van der Waals surface area contributed by atoms with Crippen LogP contribution >= 0.6 is 11.6 Å². The second-order valence-corrected chi connectivity index (χ2v) is 7.31. The van der Waals surface area contributed by atoms with E-state index in [0.29, 0.717) is 16.9 Å². The Morgan fingerprint density at radius 3 is 2.32 bits per heavy atom. The van der Waals surface area contributed by atoms with Crippen LogP contribution in [0.4, 0.5) is 10.1 Å². The van der Waals surface area contributed by atoms with Gasteiger partial charge in [-0.05, 0) is 35.9 Å². The van der Waals surface area contributed by atoms with Gasteiger partial charge in [0.15, 0.2) is 0 Å². The van der Waals surface area contributed by atoms with Crippen LogP contribution in [0.15, 0.2) is 78.4 Å². The number of rotatable bonds is 4. The molecule has 1 N–H and O–H groups in total. The lowest BCUT2D eigenvalue weighted by atomic mass is 9.95. The number of hydrogen-bond donors (Lipinski definition) is 1. The molecule has 1 saturated heterocycles. The van der Waals surface area contributed by atoms with Crippen molar-refractivity contribution < 1.29 is 23.8 Å². The van der Waals surface area contributed by atoms with Crippen molar-refractivity contribution in [1.29, 1.82) is 0 Å².